The number of benzene rings is 2. The number of rotatable bonds is 3. The highest BCUT2D eigenvalue weighted by atomic mass is 19.1. The molecule has 0 saturated heterocycles. The van der Waals surface area contributed by atoms with E-state index in [2.05, 4.69) is 10.3 Å². The molecule has 3 nitrogen and oxygen atoms in total. The largest absolute Gasteiger partial charge is 0.348 e. The van der Waals surface area contributed by atoms with Crippen molar-refractivity contribution >= 4 is 16.8 Å². The van der Waals surface area contributed by atoms with Gasteiger partial charge in [-0.25, -0.2) is 4.39 Å². The fourth-order valence-electron chi connectivity index (χ4n) is 2.45. The van der Waals surface area contributed by atoms with E-state index in [0.717, 1.165) is 22.2 Å². The molecule has 1 aromatic heterocycles. The molecule has 0 spiro atoms. The van der Waals surface area contributed by atoms with Crippen molar-refractivity contribution in [1.29, 1.82) is 0 Å². The second-order valence-electron chi connectivity index (χ2n) is 5.13. The number of nitrogens with one attached hydrogen (secondary N) is 1. The highest BCUT2D eigenvalue weighted by molar-refractivity contribution is 5.94. The summed E-state index contributed by atoms with van der Waals surface area (Å²) in [6.45, 7) is 2.30. The zero-order valence-electron chi connectivity index (χ0n) is 12.1. The zero-order chi connectivity index (χ0) is 15.5. The van der Waals surface area contributed by atoms with Crippen LogP contribution in [0, 0.1) is 12.7 Å². The van der Waals surface area contributed by atoms with Crippen molar-refractivity contribution in [3.05, 3.63) is 77.2 Å². The number of para-hydroxylation sites is 1. The van der Waals surface area contributed by atoms with E-state index >= 15 is 0 Å². The summed E-state index contributed by atoms with van der Waals surface area (Å²) in [5.41, 5.74) is 3.11. The van der Waals surface area contributed by atoms with E-state index in [0.29, 0.717) is 12.1 Å². The summed E-state index contributed by atoms with van der Waals surface area (Å²) in [6.07, 6.45) is 0. The maximum atomic E-state index is 13.2. The molecule has 0 saturated carbocycles. The summed E-state index contributed by atoms with van der Waals surface area (Å²) >= 11 is 0. The van der Waals surface area contributed by atoms with Gasteiger partial charge in [0, 0.05) is 23.2 Å². The molecule has 22 heavy (non-hydrogen) atoms. The van der Waals surface area contributed by atoms with Gasteiger partial charge in [-0.15, -0.1) is 0 Å². The number of pyridine rings is 1. The van der Waals surface area contributed by atoms with Gasteiger partial charge in [0.15, 0.2) is 0 Å². The lowest BCUT2D eigenvalue weighted by atomic mass is 10.1. The Bertz CT molecular complexity index is 845. The van der Waals surface area contributed by atoms with Crippen LogP contribution in [0.5, 0.6) is 0 Å². The van der Waals surface area contributed by atoms with Crippen molar-refractivity contribution in [3.63, 3.8) is 0 Å². The Balaban J connectivity index is 1.83. The number of carbonyl (C=O) groups excluding carboxylic acids is 1. The Morgan fingerprint density at radius 1 is 1.14 bits per heavy atom. The molecule has 1 heterocycles. The van der Waals surface area contributed by atoms with Gasteiger partial charge in [-0.3, -0.25) is 9.78 Å². The molecule has 3 rings (SSSR count). The maximum Gasteiger partial charge on any atom is 0.251 e. The predicted molar refractivity (Wildman–Crippen MR) is 84.1 cm³/mol. The first-order valence-corrected chi connectivity index (χ1v) is 7.02. The molecule has 0 aliphatic heterocycles. The van der Waals surface area contributed by atoms with Crippen LogP contribution in [0.25, 0.3) is 10.9 Å². The fourth-order valence-corrected chi connectivity index (χ4v) is 2.45. The number of fused-ring (bicyclic) bond motifs is 1. The second-order valence-corrected chi connectivity index (χ2v) is 5.13. The number of hydrogen-bond donors (Lipinski definition) is 1. The van der Waals surface area contributed by atoms with Gasteiger partial charge >= 0.3 is 0 Å². The first kappa shape index (κ1) is 14.2. The minimum absolute atomic E-state index is 0.293. The summed E-state index contributed by atoms with van der Waals surface area (Å²) in [5.74, 6) is -0.712. The van der Waals surface area contributed by atoms with Gasteiger partial charge in [-0.05, 0) is 42.8 Å². The molecule has 1 amide bonds. The fraction of sp³-hybridized carbons (Fsp3) is 0.111. The molecule has 110 valence electrons. The third kappa shape index (κ3) is 2.96. The number of nitrogens with zero attached hydrogens (tertiary/aromatic N) is 1. The molecule has 0 aliphatic carbocycles. The summed E-state index contributed by atoms with van der Waals surface area (Å²) in [6, 6.07) is 15.4. The van der Waals surface area contributed by atoms with Gasteiger partial charge < -0.3 is 5.32 Å². The van der Waals surface area contributed by atoms with Crippen molar-refractivity contribution < 1.29 is 9.18 Å². The van der Waals surface area contributed by atoms with Gasteiger partial charge in [-0.1, -0.05) is 24.3 Å². The first-order chi connectivity index (χ1) is 10.6. The minimum Gasteiger partial charge on any atom is -0.348 e. The molecule has 1 N–H and O–H groups in total. The Labute approximate surface area is 127 Å². The normalized spacial score (nSPS) is 10.6. The average molecular weight is 294 g/mol. The summed E-state index contributed by atoms with van der Waals surface area (Å²) < 4.78 is 13.2. The van der Waals surface area contributed by atoms with Crippen LogP contribution in [0.3, 0.4) is 0 Å². The third-order valence-electron chi connectivity index (χ3n) is 3.46. The first-order valence-electron chi connectivity index (χ1n) is 7.02. The highest BCUT2D eigenvalue weighted by Crippen LogP contribution is 2.18. The van der Waals surface area contributed by atoms with Gasteiger partial charge in [0.2, 0.25) is 0 Å². The second kappa shape index (κ2) is 5.93. The highest BCUT2D eigenvalue weighted by Gasteiger charge is 2.08. The molecular weight excluding hydrogens is 279 g/mol. The van der Waals surface area contributed by atoms with E-state index in [9.17, 15) is 9.18 Å². The standard InChI is InChI=1S/C18H15FN2O/c1-12-9-14(16-7-2-3-8-17(16)21-12)11-20-18(22)13-5-4-6-15(19)10-13/h2-10H,11H2,1H3,(H,20,22). The maximum absolute atomic E-state index is 13.2. The monoisotopic (exact) mass is 294 g/mol. The van der Waals surface area contributed by atoms with Crippen LogP contribution in [-0.4, -0.2) is 10.9 Å². The van der Waals surface area contributed by atoms with Gasteiger partial charge in [0.25, 0.3) is 5.91 Å². The SMILES string of the molecule is Cc1cc(CNC(=O)c2cccc(F)c2)c2ccccc2n1. The molecule has 0 bridgehead atoms. The van der Waals surface area contributed by atoms with Crippen molar-refractivity contribution in [2.75, 3.05) is 0 Å². The van der Waals surface area contributed by atoms with Crippen molar-refractivity contribution in [2.45, 2.75) is 13.5 Å². The summed E-state index contributed by atoms with van der Waals surface area (Å²) in [5, 5.41) is 3.84. The van der Waals surface area contributed by atoms with E-state index in [1.165, 1.54) is 18.2 Å². The number of carbonyl (C=O) groups is 1. The van der Waals surface area contributed by atoms with E-state index < -0.39 is 5.82 Å². The third-order valence-corrected chi connectivity index (χ3v) is 3.46. The molecule has 4 heteroatoms. The molecule has 0 radical (unpaired) electrons. The van der Waals surface area contributed by atoms with Crippen LogP contribution < -0.4 is 5.32 Å². The molecular formula is C18H15FN2O. The minimum atomic E-state index is -0.419. The van der Waals surface area contributed by atoms with Gasteiger partial charge in [-0.2, -0.15) is 0 Å². The molecule has 0 fully saturated rings. The average Bonchev–Trinajstić information content (AvgIpc) is 2.52. The van der Waals surface area contributed by atoms with Crippen LogP contribution in [0.2, 0.25) is 0 Å². The van der Waals surface area contributed by atoms with Crippen molar-refractivity contribution in [2.24, 2.45) is 0 Å². The van der Waals surface area contributed by atoms with Crippen LogP contribution in [-0.2, 0) is 6.54 Å². The van der Waals surface area contributed by atoms with Crippen LogP contribution in [0.15, 0.2) is 54.6 Å². The topological polar surface area (TPSA) is 42.0 Å². The Morgan fingerprint density at radius 2 is 1.95 bits per heavy atom. The summed E-state index contributed by atoms with van der Waals surface area (Å²) in [4.78, 5) is 16.6. The van der Waals surface area contributed by atoms with Crippen LogP contribution in [0.1, 0.15) is 21.6 Å². The van der Waals surface area contributed by atoms with Crippen LogP contribution in [0.4, 0.5) is 4.39 Å². The van der Waals surface area contributed by atoms with E-state index in [-0.39, 0.29) is 5.91 Å². The van der Waals surface area contributed by atoms with Gasteiger partial charge in [0.1, 0.15) is 5.82 Å². The lowest BCUT2D eigenvalue weighted by molar-refractivity contribution is 0.0950. The van der Waals surface area contributed by atoms with E-state index in [1.807, 2.05) is 37.3 Å². The van der Waals surface area contributed by atoms with E-state index in [4.69, 9.17) is 0 Å². The Kier molecular flexibility index (Phi) is 3.83. The van der Waals surface area contributed by atoms with Crippen molar-refractivity contribution in [1.82, 2.24) is 10.3 Å². The number of halogens is 1. The molecule has 2 aromatic carbocycles. The number of hydrogen-bond acceptors (Lipinski definition) is 2. The van der Waals surface area contributed by atoms with Crippen LogP contribution >= 0.6 is 0 Å². The quantitative estimate of drug-likeness (QED) is 0.801. The predicted octanol–water partition coefficient (Wildman–Crippen LogP) is 3.61. The molecule has 0 unspecified atom stereocenters. The molecule has 0 aliphatic rings. The van der Waals surface area contributed by atoms with Gasteiger partial charge in [0.05, 0.1) is 5.52 Å². The lowest BCUT2D eigenvalue weighted by Gasteiger charge is -2.09. The molecule has 0 atom stereocenters. The Hall–Kier alpha value is -2.75. The zero-order valence-corrected chi connectivity index (χ0v) is 12.1. The smallest absolute Gasteiger partial charge is 0.251 e. The number of aryl methyl sites for hydroxylation is 1. The van der Waals surface area contributed by atoms with Crippen molar-refractivity contribution in [3.8, 4) is 0 Å². The van der Waals surface area contributed by atoms with E-state index in [1.54, 1.807) is 6.07 Å². The lowest BCUT2D eigenvalue weighted by Crippen LogP contribution is -2.23. The number of aromatic nitrogens is 1. The Morgan fingerprint density at radius 3 is 2.77 bits per heavy atom. The summed E-state index contributed by atoms with van der Waals surface area (Å²) in [7, 11) is 0. The number of amides is 1. The molecule has 3 aromatic rings.